The summed E-state index contributed by atoms with van der Waals surface area (Å²) in [7, 11) is 0. The number of halogens is 1. The lowest BCUT2D eigenvalue weighted by Crippen LogP contribution is -2.19. The molecule has 0 spiro atoms. The minimum absolute atomic E-state index is 0.320. The molecule has 1 atom stereocenters. The van der Waals surface area contributed by atoms with Crippen molar-refractivity contribution in [3.05, 3.63) is 35.6 Å². The molecule has 0 saturated heterocycles. The van der Waals surface area contributed by atoms with Gasteiger partial charge in [-0.25, -0.2) is 4.39 Å². The Kier molecular flexibility index (Phi) is 3.42. The summed E-state index contributed by atoms with van der Waals surface area (Å²) in [6, 6.07) is 10.0. The third kappa shape index (κ3) is 2.54. The van der Waals surface area contributed by atoms with E-state index in [0.29, 0.717) is 12.8 Å². The molecule has 0 heterocycles. The quantitative estimate of drug-likeness (QED) is 0.756. The van der Waals surface area contributed by atoms with Crippen LogP contribution in [0.15, 0.2) is 24.3 Å². The minimum Gasteiger partial charge on any atom is -0.207 e. The fourth-order valence-corrected chi connectivity index (χ4v) is 1.39. The van der Waals surface area contributed by atoms with Crippen molar-refractivity contribution in [2.75, 3.05) is 0 Å². The van der Waals surface area contributed by atoms with Crippen molar-refractivity contribution in [2.45, 2.75) is 25.2 Å². The molecule has 1 unspecified atom stereocenters. The van der Waals surface area contributed by atoms with E-state index in [2.05, 4.69) is 6.07 Å². The summed E-state index contributed by atoms with van der Waals surface area (Å²) in [5.74, 6) is -0.320. The average Bonchev–Trinajstić information content (AvgIpc) is 2.27. The monoisotopic (exact) mass is 202 g/mol. The van der Waals surface area contributed by atoms with Crippen LogP contribution < -0.4 is 0 Å². The molecule has 0 saturated carbocycles. The molecule has 0 bridgehead atoms. The fraction of sp³-hybridized carbons (Fsp3) is 0.333. The van der Waals surface area contributed by atoms with E-state index in [9.17, 15) is 4.39 Å². The van der Waals surface area contributed by atoms with Crippen LogP contribution in [0.4, 0.5) is 4.39 Å². The van der Waals surface area contributed by atoms with Crippen LogP contribution in [0, 0.1) is 28.5 Å². The largest absolute Gasteiger partial charge is 0.207 e. The van der Waals surface area contributed by atoms with Crippen LogP contribution in [0.1, 0.15) is 25.3 Å². The van der Waals surface area contributed by atoms with Crippen LogP contribution in [-0.2, 0) is 5.41 Å². The second-order valence-corrected chi connectivity index (χ2v) is 3.61. The molecular weight excluding hydrogens is 191 g/mol. The van der Waals surface area contributed by atoms with Crippen LogP contribution in [0.25, 0.3) is 0 Å². The van der Waals surface area contributed by atoms with E-state index >= 15 is 0 Å². The van der Waals surface area contributed by atoms with E-state index in [0.717, 1.165) is 5.56 Å². The fourth-order valence-electron chi connectivity index (χ4n) is 1.39. The van der Waals surface area contributed by atoms with Crippen LogP contribution in [0.3, 0.4) is 0 Å². The Hall–Kier alpha value is -1.87. The Morgan fingerprint density at radius 3 is 2.33 bits per heavy atom. The van der Waals surface area contributed by atoms with Crippen molar-refractivity contribution in [3.8, 4) is 12.1 Å². The number of hydrogen-bond acceptors (Lipinski definition) is 2. The van der Waals surface area contributed by atoms with Crippen LogP contribution >= 0.6 is 0 Å². The van der Waals surface area contributed by atoms with E-state index in [1.54, 1.807) is 19.1 Å². The second-order valence-electron chi connectivity index (χ2n) is 3.61. The highest BCUT2D eigenvalue weighted by Gasteiger charge is 2.25. The van der Waals surface area contributed by atoms with Gasteiger partial charge in [-0.05, 0) is 31.0 Å². The third-order valence-corrected chi connectivity index (χ3v) is 2.46. The molecule has 0 N–H and O–H groups in total. The van der Waals surface area contributed by atoms with Gasteiger partial charge in [-0.2, -0.15) is 10.5 Å². The van der Waals surface area contributed by atoms with Gasteiger partial charge >= 0.3 is 0 Å². The predicted octanol–water partition coefficient (Wildman–Crippen LogP) is 2.91. The molecule has 0 aliphatic heterocycles. The summed E-state index contributed by atoms with van der Waals surface area (Å²) < 4.78 is 12.7. The highest BCUT2D eigenvalue weighted by Crippen LogP contribution is 2.28. The highest BCUT2D eigenvalue weighted by molar-refractivity contribution is 5.31. The summed E-state index contributed by atoms with van der Waals surface area (Å²) in [4.78, 5) is 0. The van der Waals surface area contributed by atoms with Gasteiger partial charge in [0.2, 0.25) is 0 Å². The number of nitrogens with zero attached hydrogens (tertiary/aromatic N) is 2. The van der Waals surface area contributed by atoms with E-state index in [1.165, 1.54) is 12.1 Å². The zero-order valence-corrected chi connectivity index (χ0v) is 8.50. The maximum atomic E-state index is 12.7. The van der Waals surface area contributed by atoms with Gasteiger partial charge in [0.1, 0.15) is 5.82 Å². The molecule has 3 heteroatoms. The lowest BCUT2D eigenvalue weighted by Gasteiger charge is -2.20. The number of benzene rings is 1. The van der Waals surface area contributed by atoms with Crippen molar-refractivity contribution in [3.63, 3.8) is 0 Å². The van der Waals surface area contributed by atoms with Crippen molar-refractivity contribution < 1.29 is 4.39 Å². The maximum absolute atomic E-state index is 12.7. The van der Waals surface area contributed by atoms with Gasteiger partial charge in [0.25, 0.3) is 0 Å². The summed E-state index contributed by atoms with van der Waals surface area (Å²) in [5.41, 5.74) is 0.0466. The first-order chi connectivity index (χ1) is 7.12. The van der Waals surface area contributed by atoms with Crippen molar-refractivity contribution >= 4 is 0 Å². The zero-order chi connectivity index (χ0) is 11.3. The molecule has 0 aromatic heterocycles. The highest BCUT2D eigenvalue weighted by atomic mass is 19.1. The van der Waals surface area contributed by atoms with Crippen molar-refractivity contribution in [2.24, 2.45) is 0 Å². The molecule has 1 rings (SSSR count). The van der Waals surface area contributed by atoms with E-state index in [1.807, 2.05) is 6.07 Å². The molecule has 2 nitrogen and oxygen atoms in total. The van der Waals surface area contributed by atoms with Gasteiger partial charge < -0.3 is 0 Å². The van der Waals surface area contributed by atoms with Crippen LogP contribution in [0.2, 0.25) is 0 Å². The zero-order valence-electron chi connectivity index (χ0n) is 8.50. The van der Waals surface area contributed by atoms with E-state index < -0.39 is 5.41 Å². The predicted molar refractivity (Wildman–Crippen MR) is 54.2 cm³/mol. The smallest absolute Gasteiger partial charge is 0.123 e. The number of nitriles is 2. The Morgan fingerprint density at radius 2 is 1.87 bits per heavy atom. The minimum atomic E-state index is -0.705. The van der Waals surface area contributed by atoms with Crippen molar-refractivity contribution in [1.29, 1.82) is 10.5 Å². The molecule has 0 fully saturated rings. The molecular formula is C12H11FN2. The maximum Gasteiger partial charge on any atom is 0.123 e. The first-order valence-corrected chi connectivity index (χ1v) is 4.66. The molecule has 0 amide bonds. The standard InChI is InChI=1S/C12H11FN2/c1-12(9-15,7-2-8-14)10-3-5-11(13)6-4-10/h3-6H,2,7H2,1H3. The van der Waals surface area contributed by atoms with Crippen LogP contribution in [0.5, 0.6) is 0 Å². The van der Waals surface area contributed by atoms with Gasteiger partial charge in [0.15, 0.2) is 0 Å². The van der Waals surface area contributed by atoms with Gasteiger partial charge in [-0.15, -0.1) is 0 Å². The van der Waals surface area contributed by atoms with Crippen molar-refractivity contribution in [1.82, 2.24) is 0 Å². The molecule has 1 aromatic carbocycles. The first kappa shape index (κ1) is 11.2. The average molecular weight is 202 g/mol. The van der Waals surface area contributed by atoms with E-state index in [-0.39, 0.29) is 5.82 Å². The molecule has 0 aliphatic carbocycles. The normalized spacial score (nSPS) is 13.6. The lowest BCUT2D eigenvalue weighted by molar-refractivity contribution is 0.559. The topological polar surface area (TPSA) is 47.6 Å². The SMILES string of the molecule is CC(C#N)(CCC#N)c1ccc(F)cc1. The molecule has 1 aromatic rings. The molecule has 15 heavy (non-hydrogen) atoms. The molecule has 76 valence electrons. The first-order valence-electron chi connectivity index (χ1n) is 4.66. The molecule has 0 radical (unpaired) electrons. The second kappa shape index (κ2) is 4.57. The number of rotatable bonds is 3. The van der Waals surface area contributed by atoms with Crippen LogP contribution in [-0.4, -0.2) is 0 Å². The molecule has 0 aliphatic rings. The Bertz CT molecular complexity index is 411. The van der Waals surface area contributed by atoms with Gasteiger partial charge in [-0.1, -0.05) is 12.1 Å². The number of hydrogen-bond donors (Lipinski definition) is 0. The summed E-state index contributed by atoms with van der Waals surface area (Å²) >= 11 is 0. The Labute approximate surface area is 88.6 Å². The summed E-state index contributed by atoms with van der Waals surface area (Å²) in [6.07, 6.45) is 0.785. The Balaban J connectivity index is 2.97. The summed E-state index contributed by atoms with van der Waals surface area (Å²) in [6.45, 7) is 1.76. The Morgan fingerprint density at radius 1 is 1.27 bits per heavy atom. The summed E-state index contributed by atoms with van der Waals surface area (Å²) in [5, 5.41) is 17.6. The third-order valence-electron chi connectivity index (χ3n) is 2.46. The van der Waals surface area contributed by atoms with E-state index in [4.69, 9.17) is 10.5 Å². The van der Waals surface area contributed by atoms with Gasteiger partial charge in [-0.3, -0.25) is 0 Å². The lowest BCUT2D eigenvalue weighted by atomic mass is 9.80. The van der Waals surface area contributed by atoms with Gasteiger partial charge in [0.05, 0.1) is 17.6 Å². The van der Waals surface area contributed by atoms with Gasteiger partial charge in [0, 0.05) is 6.42 Å².